The molecule has 0 spiro atoms. The third-order valence-corrected chi connectivity index (χ3v) is 5.80. The van der Waals surface area contributed by atoms with Gasteiger partial charge in [0.1, 0.15) is 10.1 Å². The lowest BCUT2D eigenvalue weighted by Gasteiger charge is -2.18. The number of carbonyl (C=O) groups is 1. The van der Waals surface area contributed by atoms with Crippen LogP contribution in [0.3, 0.4) is 0 Å². The highest BCUT2D eigenvalue weighted by Gasteiger charge is 2.34. The Morgan fingerprint density at radius 3 is 3.05 bits per heavy atom. The number of aromatic hydroxyl groups is 1. The summed E-state index contributed by atoms with van der Waals surface area (Å²) in [5.41, 5.74) is 0.875. The maximum atomic E-state index is 12.5. The number of thioether (sulfide) groups is 1. The van der Waals surface area contributed by atoms with Crippen molar-refractivity contribution in [3.63, 3.8) is 0 Å². The van der Waals surface area contributed by atoms with Crippen molar-refractivity contribution in [3.8, 4) is 5.75 Å². The number of phenols is 1. The van der Waals surface area contributed by atoms with E-state index in [-0.39, 0.29) is 17.8 Å². The van der Waals surface area contributed by atoms with E-state index in [0.29, 0.717) is 15.8 Å². The minimum Gasteiger partial charge on any atom is -0.507 e. The Hall–Kier alpha value is -0.640. The van der Waals surface area contributed by atoms with Crippen molar-refractivity contribution in [1.29, 1.82) is 0 Å². The molecule has 0 aromatic heterocycles. The average Bonchev–Trinajstić information content (AvgIpc) is 3.08. The smallest absolute Gasteiger partial charge is 0.266 e. The number of thiocarbonyl (C=S) groups is 1. The summed E-state index contributed by atoms with van der Waals surface area (Å²) in [6.07, 6.45) is 3.93. The first-order valence-corrected chi connectivity index (χ1v) is 9.20. The number of phenolic OH excluding ortho intramolecular Hbond substituents is 1. The predicted octanol–water partition coefficient (Wildman–Crippen LogP) is 3.38. The standard InChI is InChI=1S/C15H14INO3S2/c16-11-6-9(3-4-12(11)18)7-13-14(19)17(15(21)22-13)8-10-2-1-5-20-10/h3-4,6-7,10,18H,1-2,5,8H2. The molecule has 1 amide bonds. The number of benzene rings is 1. The van der Waals surface area contributed by atoms with Crippen molar-refractivity contribution < 1.29 is 14.6 Å². The second kappa shape index (κ2) is 6.86. The molecule has 0 saturated carbocycles. The van der Waals surface area contributed by atoms with Gasteiger partial charge in [-0.25, -0.2) is 0 Å². The maximum absolute atomic E-state index is 12.5. The highest BCUT2D eigenvalue weighted by Crippen LogP contribution is 2.34. The van der Waals surface area contributed by atoms with E-state index in [9.17, 15) is 9.90 Å². The van der Waals surface area contributed by atoms with Crippen LogP contribution in [0.25, 0.3) is 6.08 Å². The van der Waals surface area contributed by atoms with Crippen LogP contribution in [-0.4, -0.2) is 39.5 Å². The van der Waals surface area contributed by atoms with Gasteiger partial charge in [-0.3, -0.25) is 9.69 Å². The Morgan fingerprint density at radius 1 is 1.55 bits per heavy atom. The molecule has 1 aromatic carbocycles. The molecule has 2 heterocycles. The first kappa shape index (κ1) is 16.2. The fraction of sp³-hybridized carbons (Fsp3) is 0.333. The van der Waals surface area contributed by atoms with Crippen LogP contribution in [0.5, 0.6) is 5.75 Å². The molecule has 1 atom stereocenters. The molecule has 1 unspecified atom stereocenters. The van der Waals surface area contributed by atoms with Crippen molar-refractivity contribution in [2.24, 2.45) is 0 Å². The summed E-state index contributed by atoms with van der Waals surface area (Å²) in [7, 11) is 0. The largest absolute Gasteiger partial charge is 0.507 e. The van der Waals surface area contributed by atoms with Crippen LogP contribution in [0, 0.1) is 3.57 Å². The van der Waals surface area contributed by atoms with E-state index in [0.717, 1.165) is 28.6 Å². The van der Waals surface area contributed by atoms with Gasteiger partial charge in [0, 0.05) is 6.61 Å². The summed E-state index contributed by atoms with van der Waals surface area (Å²) < 4.78 is 6.92. The number of halogens is 1. The molecule has 1 N–H and O–H groups in total. The molecule has 2 fully saturated rings. The normalized spacial score (nSPS) is 23.8. The molecule has 2 aliphatic heterocycles. The maximum Gasteiger partial charge on any atom is 0.266 e. The van der Waals surface area contributed by atoms with Crippen LogP contribution in [0.2, 0.25) is 0 Å². The minimum absolute atomic E-state index is 0.0615. The van der Waals surface area contributed by atoms with Crippen molar-refractivity contribution in [2.75, 3.05) is 13.2 Å². The molecule has 1 aromatic rings. The Labute approximate surface area is 152 Å². The molecular weight excluding hydrogens is 433 g/mol. The van der Waals surface area contributed by atoms with Crippen molar-refractivity contribution in [3.05, 3.63) is 32.2 Å². The number of amides is 1. The summed E-state index contributed by atoms with van der Waals surface area (Å²) in [5, 5.41) is 9.56. The summed E-state index contributed by atoms with van der Waals surface area (Å²) in [4.78, 5) is 14.7. The number of ether oxygens (including phenoxy) is 1. The Balaban J connectivity index is 1.77. The first-order chi connectivity index (χ1) is 10.5. The molecule has 22 heavy (non-hydrogen) atoms. The van der Waals surface area contributed by atoms with Gasteiger partial charge >= 0.3 is 0 Å². The predicted molar refractivity (Wildman–Crippen MR) is 99.7 cm³/mol. The van der Waals surface area contributed by atoms with Gasteiger partial charge in [0.2, 0.25) is 0 Å². The molecule has 4 nitrogen and oxygen atoms in total. The third kappa shape index (κ3) is 3.47. The van der Waals surface area contributed by atoms with Gasteiger partial charge in [-0.15, -0.1) is 0 Å². The van der Waals surface area contributed by atoms with E-state index in [1.54, 1.807) is 17.0 Å². The van der Waals surface area contributed by atoms with Gasteiger partial charge in [-0.05, 0) is 59.2 Å². The van der Waals surface area contributed by atoms with Crippen LogP contribution < -0.4 is 0 Å². The molecule has 0 radical (unpaired) electrons. The summed E-state index contributed by atoms with van der Waals surface area (Å²) in [5.74, 6) is 0.178. The van der Waals surface area contributed by atoms with E-state index >= 15 is 0 Å². The Morgan fingerprint density at radius 2 is 2.36 bits per heavy atom. The number of hydrogen-bond donors (Lipinski definition) is 1. The van der Waals surface area contributed by atoms with Crippen LogP contribution in [0.1, 0.15) is 18.4 Å². The van der Waals surface area contributed by atoms with E-state index in [1.807, 2.05) is 12.1 Å². The zero-order valence-electron chi connectivity index (χ0n) is 11.6. The number of hydrogen-bond acceptors (Lipinski definition) is 5. The third-order valence-electron chi connectivity index (χ3n) is 3.55. The lowest BCUT2D eigenvalue weighted by Crippen LogP contribution is -2.35. The molecule has 116 valence electrons. The molecule has 0 aliphatic carbocycles. The number of rotatable bonds is 3. The molecule has 2 saturated heterocycles. The zero-order chi connectivity index (χ0) is 15.7. The van der Waals surface area contributed by atoms with E-state index in [2.05, 4.69) is 22.6 Å². The lowest BCUT2D eigenvalue weighted by atomic mass is 10.2. The molecule has 7 heteroatoms. The molecule has 0 bridgehead atoms. The lowest BCUT2D eigenvalue weighted by molar-refractivity contribution is -0.123. The summed E-state index contributed by atoms with van der Waals surface area (Å²) >= 11 is 8.70. The minimum atomic E-state index is -0.0615. The van der Waals surface area contributed by atoms with E-state index < -0.39 is 0 Å². The fourth-order valence-electron chi connectivity index (χ4n) is 2.41. The van der Waals surface area contributed by atoms with Gasteiger partial charge in [0.05, 0.1) is 21.1 Å². The summed E-state index contributed by atoms with van der Waals surface area (Å²) in [6.45, 7) is 1.30. The van der Waals surface area contributed by atoms with Crippen molar-refractivity contribution in [2.45, 2.75) is 18.9 Å². The molecular formula is C15H14INO3S2. The van der Waals surface area contributed by atoms with E-state index in [4.69, 9.17) is 17.0 Å². The van der Waals surface area contributed by atoms with E-state index in [1.165, 1.54) is 11.8 Å². The Kier molecular flexibility index (Phi) is 5.06. The van der Waals surface area contributed by atoms with Gasteiger partial charge in [0.25, 0.3) is 5.91 Å². The van der Waals surface area contributed by atoms with Gasteiger partial charge in [0.15, 0.2) is 0 Å². The van der Waals surface area contributed by atoms with Gasteiger partial charge in [-0.2, -0.15) is 0 Å². The second-order valence-electron chi connectivity index (χ2n) is 5.14. The van der Waals surface area contributed by atoms with Gasteiger partial charge < -0.3 is 9.84 Å². The zero-order valence-corrected chi connectivity index (χ0v) is 15.4. The van der Waals surface area contributed by atoms with Crippen molar-refractivity contribution in [1.82, 2.24) is 4.90 Å². The van der Waals surface area contributed by atoms with Crippen LogP contribution >= 0.6 is 46.6 Å². The van der Waals surface area contributed by atoms with Crippen LogP contribution in [0.4, 0.5) is 0 Å². The molecule has 2 aliphatic rings. The first-order valence-electron chi connectivity index (χ1n) is 6.90. The monoisotopic (exact) mass is 447 g/mol. The fourth-order valence-corrected chi connectivity index (χ4v) is 4.23. The van der Waals surface area contributed by atoms with Crippen LogP contribution in [0.15, 0.2) is 23.1 Å². The topological polar surface area (TPSA) is 49.8 Å². The highest BCUT2D eigenvalue weighted by atomic mass is 127. The number of carbonyl (C=O) groups excluding carboxylic acids is 1. The second-order valence-corrected chi connectivity index (χ2v) is 7.98. The average molecular weight is 447 g/mol. The molecule has 3 rings (SSSR count). The summed E-state index contributed by atoms with van der Waals surface area (Å²) in [6, 6.07) is 5.24. The SMILES string of the molecule is O=C1C(=Cc2ccc(O)c(I)c2)SC(=S)N1CC1CCCO1. The van der Waals surface area contributed by atoms with Gasteiger partial charge in [-0.1, -0.05) is 30.0 Å². The number of nitrogens with zero attached hydrogens (tertiary/aromatic N) is 1. The van der Waals surface area contributed by atoms with Crippen LogP contribution in [-0.2, 0) is 9.53 Å². The highest BCUT2D eigenvalue weighted by molar-refractivity contribution is 14.1. The Bertz CT molecular complexity index is 656. The van der Waals surface area contributed by atoms with Crippen molar-refractivity contribution >= 4 is 62.9 Å². The quantitative estimate of drug-likeness (QED) is 0.438.